The Bertz CT molecular complexity index is 1280. The molecule has 0 atom stereocenters. The monoisotopic (exact) mass is 617 g/mol. The predicted octanol–water partition coefficient (Wildman–Crippen LogP) is 7.33. The zero-order valence-electron chi connectivity index (χ0n) is 19.5. The molecule has 0 spiro atoms. The largest absolute Gasteiger partial charge is 0.512 e. The zero-order chi connectivity index (χ0) is 23.3. The van der Waals surface area contributed by atoms with E-state index >= 15 is 0 Å². The number of carbonyl (C=O) groups is 1. The Kier molecular flexibility index (Phi) is 9.31. The summed E-state index contributed by atoms with van der Waals surface area (Å²) in [7, 11) is 0. The minimum absolute atomic E-state index is 0. The van der Waals surface area contributed by atoms with E-state index in [-0.39, 0.29) is 32.6 Å². The molecule has 1 N–H and O–H groups in total. The average Bonchev–Trinajstić information content (AvgIpc) is 2.72. The van der Waals surface area contributed by atoms with Crippen LogP contribution in [0.15, 0.2) is 78.7 Å². The Morgan fingerprint density at radius 1 is 0.970 bits per heavy atom. The molecule has 4 heteroatoms. The van der Waals surface area contributed by atoms with Gasteiger partial charge in [0.15, 0.2) is 5.78 Å². The average molecular weight is 618 g/mol. The van der Waals surface area contributed by atoms with Gasteiger partial charge in [0, 0.05) is 38.9 Å². The number of hydrogen-bond acceptors (Lipinski definition) is 3. The minimum atomic E-state index is -0.125. The molecule has 4 aromatic rings. The van der Waals surface area contributed by atoms with Gasteiger partial charge in [0.05, 0.1) is 5.76 Å². The molecule has 3 nitrogen and oxygen atoms in total. The number of aryl methyl sites for hydroxylation is 3. The summed E-state index contributed by atoms with van der Waals surface area (Å²) in [4.78, 5) is 14.6. The zero-order valence-corrected chi connectivity index (χ0v) is 21.8. The first kappa shape index (κ1) is 26.2. The van der Waals surface area contributed by atoms with Gasteiger partial charge in [-0.3, -0.25) is 9.78 Å². The number of ketones is 1. The first-order valence-electron chi connectivity index (χ1n) is 10.6. The molecule has 1 aromatic heterocycles. The van der Waals surface area contributed by atoms with Gasteiger partial charge in [0.1, 0.15) is 0 Å². The molecule has 0 fully saturated rings. The van der Waals surface area contributed by atoms with Crippen molar-refractivity contribution < 1.29 is 31.0 Å². The summed E-state index contributed by atoms with van der Waals surface area (Å²) in [6.45, 7) is 9.37. The van der Waals surface area contributed by atoms with Crippen molar-refractivity contribution in [3.63, 3.8) is 0 Å². The standard InChI is InChI=1S/C24H20N.C5H8O2.Pt/c1-16-13-17(2)23(18(3)14-16)21-9-4-8-20(15-21)22-11-5-7-19-10-6-12-25-24(19)22;1-4(6)3-5(2)7;/h4-7,9-15H,1-3H3;3,6H,1-2H3;/q-1;;/b;4-3-;. The van der Waals surface area contributed by atoms with Gasteiger partial charge >= 0.3 is 0 Å². The van der Waals surface area contributed by atoms with Crippen LogP contribution in [0.3, 0.4) is 0 Å². The van der Waals surface area contributed by atoms with Crippen molar-refractivity contribution >= 4 is 16.7 Å². The summed E-state index contributed by atoms with van der Waals surface area (Å²) in [5, 5.41) is 9.52. The van der Waals surface area contributed by atoms with Crippen LogP contribution in [-0.2, 0) is 25.9 Å². The van der Waals surface area contributed by atoms with Gasteiger partial charge in [0.2, 0.25) is 0 Å². The van der Waals surface area contributed by atoms with Crippen LogP contribution in [0.25, 0.3) is 33.2 Å². The third-order valence-electron chi connectivity index (χ3n) is 5.10. The number of fused-ring (bicyclic) bond motifs is 1. The van der Waals surface area contributed by atoms with Gasteiger partial charge < -0.3 is 5.11 Å². The summed E-state index contributed by atoms with van der Waals surface area (Å²) >= 11 is 0. The number of benzene rings is 3. The van der Waals surface area contributed by atoms with Crippen LogP contribution in [-0.4, -0.2) is 15.9 Å². The van der Waals surface area contributed by atoms with E-state index in [4.69, 9.17) is 5.11 Å². The van der Waals surface area contributed by atoms with Crippen LogP contribution < -0.4 is 0 Å². The fraction of sp³-hybridized carbons (Fsp3) is 0.172. The molecule has 172 valence electrons. The number of pyridine rings is 1. The predicted molar refractivity (Wildman–Crippen MR) is 133 cm³/mol. The van der Waals surface area contributed by atoms with Gasteiger partial charge in [-0.1, -0.05) is 47.5 Å². The number of allylic oxidation sites excluding steroid dienone is 2. The molecule has 3 aromatic carbocycles. The number of carbonyl (C=O) groups excluding carboxylic acids is 1. The second-order valence-corrected chi connectivity index (χ2v) is 8.04. The Labute approximate surface area is 210 Å². The maximum absolute atomic E-state index is 10.0. The molecule has 0 unspecified atom stereocenters. The Morgan fingerprint density at radius 2 is 1.64 bits per heavy atom. The number of nitrogens with zero attached hydrogens (tertiary/aromatic N) is 1. The smallest absolute Gasteiger partial charge is 0.155 e. The van der Waals surface area contributed by atoms with E-state index in [2.05, 4.69) is 80.4 Å². The van der Waals surface area contributed by atoms with E-state index in [1.807, 2.05) is 18.3 Å². The summed E-state index contributed by atoms with van der Waals surface area (Å²) in [5.74, 6) is -0.0625. The topological polar surface area (TPSA) is 50.2 Å². The molecule has 1 heterocycles. The van der Waals surface area contributed by atoms with Gasteiger partial charge in [-0.15, -0.1) is 35.4 Å². The molecule has 0 saturated heterocycles. The molecular formula is C29H28NO2Pt-. The normalized spacial score (nSPS) is 10.8. The number of para-hydroxylation sites is 1. The SMILES string of the molecule is CC(=O)/C=C(/C)O.Cc1cc(C)c(-c2cc[c-]c(-c3cccc4cccnc34)c2)c(C)c1.[Pt]. The fourth-order valence-electron chi connectivity index (χ4n) is 4.03. The van der Waals surface area contributed by atoms with Gasteiger partial charge in [0.25, 0.3) is 0 Å². The van der Waals surface area contributed by atoms with Crippen molar-refractivity contribution in [1.82, 2.24) is 4.98 Å². The van der Waals surface area contributed by atoms with Crippen LogP contribution in [0.1, 0.15) is 30.5 Å². The van der Waals surface area contributed by atoms with Crippen LogP contribution in [0, 0.1) is 26.8 Å². The molecular weight excluding hydrogens is 589 g/mol. The molecule has 0 bridgehead atoms. The summed E-state index contributed by atoms with van der Waals surface area (Å²) in [6.07, 6.45) is 3.02. The molecule has 0 aliphatic heterocycles. The molecule has 33 heavy (non-hydrogen) atoms. The summed E-state index contributed by atoms with van der Waals surface area (Å²) in [6, 6.07) is 24.7. The first-order valence-corrected chi connectivity index (χ1v) is 10.6. The van der Waals surface area contributed by atoms with Crippen molar-refractivity contribution in [1.29, 1.82) is 0 Å². The van der Waals surface area contributed by atoms with E-state index < -0.39 is 0 Å². The minimum Gasteiger partial charge on any atom is -0.512 e. The van der Waals surface area contributed by atoms with E-state index in [9.17, 15) is 4.79 Å². The molecule has 0 saturated carbocycles. The van der Waals surface area contributed by atoms with Crippen molar-refractivity contribution in [3.8, 4) is 22.3 Å². The van der Waals surface area contributed by atoms with E-state index in [0.717, 1.165) is 22.0 Å². The van der Waals surface area contributed by atoms with E-state index in [1.165, 1.54) is 47.7 Å². The number of aliphatic hydroxyl groups is 1. The Morgan fingerprint density at radius 3 is 2.24 bits per heavy atom. The second kappa shape index (κ2) is 11.7. The molecule has 0 radical (unpaired) electrons. The molecule has 4 rings (SSSR count). The maximum atomic E-state index is 10.0. The number of aromatic nitrogens is 1. The quantitative estimate of drug-likeness (QED) is 0.149. The molecule has 0 amide bonds. The molecule has 0 aliphatic carbocycles. The number of aliphatic hydroxyl groups excluding tert-OH is 1. The second-order valence-electron chi connectivity index (χ2n) is 8.04. The van der Waals surface area contributed by atoms with Crippen LogP contribution in [0.4, 0.5) is 0 Å². The van der Waals surface area contributed by atoms with Crippen molar-refractivity contribution in [2.24, 2.45) is 0 Å². The third-order valence-corrected chi connectivity index (χ3v) is 5.10. The van der Waals surface area contributed by atoms with Gasteiger partial charge in [-0.05, 0) is 62.8 Å². The van der Waals surface area contributed by atoms with Gasteiger partial charge in [-0.2, -0.15) is 0 Å². The Balaban J connectivity index is 0.000000423. The number of rotatable bonds is 3. The summed E-state index contributed by atoms with van der Waals surface area (Å²) in [5.41, 5.74) is 9.71. The van der Waals surface area contributed by atoms with Crippen molar-refractivity contribution in [3.05, 3.63) is 101 Å². The first-order chi connectivity index (χ1) is 15.3. The van der Waals surface area contributed by atoms with E-state index in [1.54, 1.807) is 0 Å². The van der Waals surface area contributed by atoms with Crippen molar-refractivity contribution in [2.45, 2.75) is 34.6 Å². The van der Waals surface area contributed by atoms with E-state index in [0.29, 0.717) is 0 Å². The summed E-state index contributed by atoms with van der Waals surface area (Å²) < 4.78 is 0. The van der Waals surface area contributed by atoms with Crippen molar-refractivity contribution in [2.75, 3.05) is 0 Å². The third kappa shape index (κ3) is 6.73. The maximum Gasteiger partial charge on any atom is 0.155 e. The van der Waals surface area contributed by atoms with Gasteiger partial charge in [-0.25, -0.2) is 0 Å². The fourth-order valence-corrected chi connectivity index (χ4v) is 4.03. The van der Waals surface area contributed by atoms with Crippen LogP contribution in [0.2, 0.25) is 0 Å². The molecule has 0 aliphatic rings. The van der Waals surface area contributed by atoms with Crippen LogP contribution >= 0.6 is 0 Å². The van der Waals surface area contributed by atoms with Crippen LogP contribution in [0.5, 0.6) is 0 Å². The Hall–Kier alpha value is -3.03. The number of hydrogen-bond donors (Lipinski definition) is 1.